The van der Waals surface area contributed by atoms with E-state index in [1.165, 1.54) is 21.1 Å². The van der Waals surface area contributed by atoms with Gasteiger partial charge in [-0.15, -0.1) is 0 Å². The van der Waals surface area contributed by atoms with Crippen LogP contribution in [0.2, 0.25) is 0 Å². The second kappa shape index (κ2) is 4.35. The first-order valence-electron chi connectivity index (χ1n) is 5.95. The van der Waals surface area contributed by atoms with Crippen LogP contribution in [-0.4, -0.2) is 17.7 Å². The van der Waals surface area contributed by atoms with Gasteiger partial charge in [-0.2, -0.15) is 0 Å². The zero-order chi connectivity index (χ0) is 11.8. The average Bonchev–Trinajstić information content (AvgIpc) is 2.65. The number of benzene rings is 1. The molecule has 0 unspecified atom stereocenters. The molecule has 2 heterocycles. The van der Waals surface area contributed by atoms with Crippen molar-refractivity contribution in [3.05, 3.63) is 28.4 Å². The summed E-state index contributed by atoms with van der Waals surface area (Å²) in [6, 6.07) is 6.32. The third-order valence-electron chi connectivity index (χ3n) is 3.19. The zero-order valence-electron chi connectivity index (χ0n) is 9.79. The maximum atomic E-state index is 5.56. The molecule has 3 nitrogen and oxygen atoms in total. The Balaban J connectivity index is 2.20. The van der Waals surface area contributed by atoms with Gasteiger partial charge in [0.25, 0.3) is 0 Å². The Morgan fingerprint density at radius 2 is 2.35 bits per heavy atom. The predicted octanol–water partition coefficient (Wildman–Crippen LogP) is 2.91. The SMILES string of the molecule is CCOc1ccc2c(c1)c(Br)c1n2CCNC1. The van der Waals surface area contributed by atoms with Crippen molar-refractivity contribution in [2.45, 2.75) is 20.0 Å². The monoisotopic (exact) mass is 294 g/mol. The van der Waals surface area contributed by atoms with Gasteiger partial charge < -0.3 is 14.6 Å². The van der Waals surface area contributed by atoms with Gasteiger partial charge in [0.05, 0.1) is 6.61 Å². The average molecular weight is 295 g/mol. The highest BCUT2D eigenvalue weighted by molar-refractivity contribution is 9.10. The van der Waals surface area contributed by atoms with Crippen LogP contribution in [-0.2, 0) is 13.1 Å². The van der Waals surface area contributed by atoms with Crippen molar-refractivity contribution in [1.29, 1.82) is 0 Å². The van der Waals surface area contributed by atoms with E-state index in [4.69, 9.17) is 4.74 Å². The molecule has 0 bridgehead atoms. The largest absolute Gasteiger partial charge is 0.494 e. The number of hydrogen-bond donors (Lipinski definition) is 1. The molecule has 0 radical (unpaired) electrons. The van der Waals surface area contributed by atoms with Gasteiger partial charge in [0, 0.05) is 40.7 Å². The van der Waals surface area contributed by atoms with Gasteiger partial charge in [-0.25, -0.2) is 0 Å². The lowest BCUT2D eigenvalue weighted by Gasteiger charge is -2.17. The van der Waals surface area contributed by atoms with Crippen LogP contribution in [0, 0.1) is 0 Å². The van der Waals surface area contributed by atoms with Crippen LogP contribution in [0.4, 0.5) is 0 Å². The summed E-state index contributed by atoms with van der Waals surface area (Å²) >= 11 is 3.71. The molecular weight excluding hydrogens is 280 g/mol. The van der Waals surface area contributed by atoms with E-state index in [0.29, 0.717) is 6.61 Å². The third-order valence-corrected chi connectivity index (χ3v) is 4.07. The molecule has 1 aromatic heterocycles. The molecule has 1 aliphatic heterocycles. The molecule has 4 heteroatoms. The number of nitrogens with one attached hydrogen (secondary N) is 1. The minimum absolute atomic E-state index is 0.707. The Kier molecular flexibility index (Phi) is 2.84. The lowest BCUT2D eigenvalue weighted by Crippen LogP contribution is -2.27. The normalized spacial score (nSPS) is 14.9. The lowest BCUT2D eigenvalue weighted by molar-refractivity contribution is 0.340. The van der Waals surface area contributed by atoms with Crippen LogP contribution in [0.15, 0.2) is 22.7 Å². The van der Waals surface area contributed by atoms with Crippen molar-refractivity contribution in [2.75, 3.05) is 13.2 Å². The zero-order valence-corrected chi connectivity index (χ0v) is 11.4. The van der Waals surface area contributed by atoms with E-state index >= 15 is 0 Å². The second-order valence-electron chi connectivity index (χ2n) is 4.20. The van der Waals surface area contributed by atoms with Gasteiger partial charge in [0.1, 0.15) is 5.75 Å². The maximum absolute atomic E-state index is 5.56. The first kappa shape index (κ1) is 11.1. The number of fused-ring (bicyclic) bond motifs is 3. The molecule has 0 atom stereocenters. The fourth-order valence-electron chi connectivity index (χ4n) is 2.43. The molecular formula is C13H15BrN2O. The quantitative estimate of drug-likeness (QED) is 0.922. The van der Waals surface area contributed by atoms with Crippen molar-refractivity contribution < 1.29 is 4.74 Å². The van der Waals surface area contributed by atoms with E-state index in [2.05, 4.69) is 37.9 Å². The van der Waals surface area contributed by atoms with E-state index < -0.39 is 0 Å². The first-order valence-corrected chi connectivity index (χ1v) is 6.74. The van der Waals surface area contributed by atoms with Gasteiger partial charge in [0.15, 0.2) is 0 Å². The van der Waals surface area contributed by atoms with Crippen LogP contribution in [0.25, 0.3) is 10.9 Å². The van der Waals surface area contributed by atoms with Crippen LogP contribution in [0.3, 0.4) is 0 Å². The molecule has 1 aromatic carbocycles. The van der Waals surface area contributed by atoms with Crippen molar-refractivity contribution in [2.24, 2.45) is 0 Å². The number of hydrogen-bond acceptors (Lipinski definition) is 2. The summed E-state index contributed by atoms with van der Waals surface area (Å²) in [5, 5.41) is 4.65. The fraction of sp³-hybridized carbons (Fsp3) is 0.385. The predicted molar refractivity (Wildman–Crippen MR) is 72.5 cm³/mol. The summed E-state index contributed by atoms with van der Waals surface area (Å²) < 4.78 is 9.13. The highest BCUT2D eigenvalue weighted by Crippen LogP contribution is 2.34. The summed E-state index contributed by atoms with van der Waals surface area (Å²) in [4.78, 5) is 0. The van der Waals surface area contributed by atoms with Crippen molar-refractivity contribution >= 4 is 26.8 Å². The van der Waals surface area contributed by atoms with Crippen molar-refractivity contribution in [3.8, 4) is 5.75 Å². The summed E-state index contributed by atoms with van der Waals surface area (Å²) in [5.41, 5.74) is 2.62. The molecule has 0 aliphatic carbocycles. The van der Waals surface area contributed by atoms with Crippen molar-refractivity contribution in [3.63, 3.8) is 0 Å². The fourth-order valence-corrected chi connectivity index (χ4v) is 3.10. The van der Waals surface area contributed by atoms with Crippen molar-refractivity contribution in [1.82, 2.24) is 9.88 Å². The Morgan fingerprint density at radius 1 is 1.47 bits per heavy atom. The Hall–Kier alpha value is -1.00. The molecule has 17 heavy (non-hydrogen) atoms. The van der Waals surface area contributed by atoms with E-state index in [9.17, 15) is 0 Å². The van der Waals surface area contributed by atoms with E-state index in [-0.39, 0.29) is 0 Å². The van der Waals surface area contributed by atoms with E-state index in [0.717, 1.165) is 25.4 Å². The number of aromatic nitrogens is 1. The highest BCUT2D eigenvalue weighted by atomic mass is 79.9. The van der Waals surface area contributed by atoms with Gasteiger partial charge >= 0.3 is 0 Å². The Morgan fingerprint density at radius 3 is 3.18 bits per heavy atom. The molecule has 0 saturated carbocycles. The molecule has 1 aliphatic rings. The van der Waals surface area contributed by atoms with Gasteiger partial charge in [0.2, 0.25) is 0 Å². The number of nitrogens with zero attached hydrogens (tertiary/aromatic N) is 1. The molecule has 90 valence electrons. The number of ether oxygens (including phenoxy) is 1. The highest BCUT2D eigenvalue weighted by Gasteiger charge is 2.18. The molecule has 3 rings (SSSR count). The summed E-state index contributed by atoms with van der Waals surface area (Å²) in [5.74, 6) is 0.941. The molecule has 0 saturated heterocycles. The van der Waals surface area contributed by atoms with Crippen LogP contribution in [0.1, 0.15) is 12.6 Å². The van der Waals surface area contributed by atoms with E-state index in [1.807, 2.05) is 13.0 Å². The molecule has 2 aromatic rings. The standard InChI is InChI=1S/C13H15BrN2O/c1-2-17-9-3-4-11-10(7-9)13(14)12-8-15-5-6-16(11)12/h3-4,7,15H,2,5-6,8H2,1H3. The first-order chi connectivity index (χ1) is 8.31. The van der Waals surface area contributed by atoms with Crippen LogP contribution in [0.5, 0.6) is 5.75 Å². The minimum Gasteiger partial charge on any atom is -0.494 e. The number of halogens is 1. The summed E-state index contributed by atoms with van der Waals surface area (Å²) in [7, 11) is 0. The second-order valence-corrected chi connectivity index (χ2v) is 4.99. The minimum atomic E-state index is 0.707. The Labute approximate surface area is 109 Å². The van der Waals surface area contributed by atoms with Gasteiger partial charge in [-0.05, 0) is 41.1 Å². The lowest BCUT2D eigenvalue weighted by atomic mass is 10.2. The molecule has 0 fully saturated rings. The summed E-state index contributed by atoms with van der Waals surface area (Å²) in [6.07, 6.45) is 0. The van der Waals surface area contributed by atoms with Gasteiger partial charge in [-0.3, -0.25) is 0 Å². The van der Waals surface area contributed by atoms with Gasteiger partial charge in [-0.1, -0.05) is 0 Å². The molecule has 0 spiro atoms. The topological polar surface area (TPSA) is 26.2 Å². The van der Waals surface area contributed by atoms with Crippen LogP contribution < -0.4 is 10.1 Å². The smallest absolute Gasteiger partial charge is 0.120 e. The van der Waals surface area contributed by atoms with E-state index in [1.54, 1.807) is 0 Å². The van der Waals surface area contributed by atoms with Crippen LogP contribution >= 0.6 is 15.9 Å². The third kappa shape index (κ3) is 1.76. The maximum Gasteiger partial charge on any atom is 0.120 e. The summed E-state index contributed by atoms with van der Waals surface area (Å²) in [6.45, 7) is 5.72. The molecule has 0 amide bonds. The molecule has 1 N–H and O–H groups in total. The number of rotatable bonds is 2. The Bertz CT molecular complexity index is 562.